The minimum atomic E-state index is -0.816. The summed E-state index contributed by atoms with van der Waals surface area (Å²) >= 11 is 0. The Morgan fingerprint density at radius 3 is 2.70 bits per heavy atom. The van der Waals surface area contributed by atoms with Gasteiger partial charge in [-0.15, -0.1) is 0 Å². The van der Waals surface area contributed by atoms with E-state index in [1.165, 1.54) is 0 Å². The molecule has 1 heterocycles. The van der Waals surface area contributed by atoms with Crippen LogP contribution in [0.2, 0.25) is 0 Å². The Bertz CT molecular complexity index is 336. The van der Waals surface area contributed by atoms with Crippen LogP contribution >= 0.6 is 0 Å². The van der Waals surface area contributed by atoms with E-state index in [1.807, 2.05) is 6.92 Å². The highest BCUT2D eigenvalue weighted by Crippen LogP contribution is 2.15. The first-order valence-corrected chi connectivity index (χ1v) is 7.38. The van der Waals surface area contributed by atoms with Gasteiger partial charge in [0.2, 0.25) is 0 Å². The average Bonchev–Trinajstić information content (AvgIpc) is 2.38. The number of carbonyl (C=O) groups is 2. The summed E-state index contributed by atoms with van der Waals surface area (Å²) in [5, 5.41) is 14.5. The van der Waals surface area contributed by atoms with Gasteiger partial charge in [0.15, 0.2) is 0 Å². The molecule has 1 saturated heterocycles. The van der Waals surface area contributed by atoms with Gasteiger partial charge < -0.3 is 20.6 Å². The van der Waals surface area contributed by atoms with Gasteiger partial charge in [0.1, 0.15) is 0 Å². The van der Waals surface area contributed by atoms with Crippen LogP contribution in [0.25, 0.3) is 0 Å². The standard InChI is InChI=1S/C14H27N3O3/c1-4-11(8-13(18)19)9-15-14(20)16-12-5-6-17(3)10(2)7-12/h10-12H,4-9H2,1-3H3,(H,18,19)(H2,15,16,20). The Labute approximate surface area is 120 Å². The maximum Gasteiger partial charge on any atom is 0.315 e. The first-order valence-electron chi connectivity index (χ1n) is 7.38. The second kappa shape index (κ2) is 8.09. The van der Waals surface area contributed by atoms with Gasteiger partial charge in [0.25, 0.3) is 0 Å². The van der Waals surface area contributed by atoms with Gasteiger partial charge in [-0.05, 0) is 32.7 Å². The van der Waals surface area contributed by atoms with E-state index in [0.29, 0.717) is 12.6 Å². The first-order chi connectivity index (χ1) is 9.42. The number of carboxylic acid groups (broad SMARTS) is 1. The molecule has 2 amide bonds. The lowest BCUT2D eigenvalue weighted by Gasteiger charge is -2.35. The highest BCUT2D eigenvalue weighted by atomic mass is 16.4. The fraction of sp³-hybridized carbons (Fsp3) is 0.857. The zero-order valence-corrected chi connectivity index (χ0v) is 12.7. The SMILES string of the molecule is CCC(CNC(=O)NC1CCN(C)C(C)C1)CC(=O)O. The molecule has 3 unspecified atom stereocenters. The maximum absolute atomic E-state index is 11.8. The fourth-order valence-corrected chi connectivity index (χ4v) is 2.50. The van der Waals surface area contributed by atoms with Crippen molar-refractivity contribution in [1.82, 2.24) is 15.5 Å². The summed E-state index contributed by atoms with van der Waals surface area (Å²) in [5.74, 6) is -0.821. The predicted octanol–water partition coefficient (Wildman–Crippen LogP) is 1.27. The molecule has 0 saturated carbocycles. The Hall–Kier alpha value is -1.30. The first kappa shape index (κ1) is 16.8. The van der Waals surface area contributed by atoms with E-state index in [9.17, 15) is 9.59 Å². The zero-order chi connectivity index (χ0) is 15.1. The number of aliphatic carboxylic acids is 1. The number of nitrogens with zero attached hydrogens (tertiary/aromatic N) is 1. The minimum absolute atomic E-state index is 0.00494. The molecule has 1 aliphatic heterocycles. The number of urea groups is 1. The lowest BCUT2D eigenvalue weighted by atomic mass is 9.99. The van der Waals surface area contributed by atoms with Crippen molar-refractivity contribution >= 4 is 12.0 Å². The largest absolute Gasteiger partial charge is 0.481 e. The molecule has 3 atom stereocenters. The molecule has 1 aliphatic rings. The van der Waals surface area contributed by atoms with Crippen LogP contribution < -0.4 is 10.6 Å². The van der Waals surface area contributed by atoms with Crippen LogP contribution in [0.4, 0.5) is 4.79 Å². The highest BCUT2D eigenvalue weighted by molar-refractivity contribution is 5.74. The van der Waals surface area contributed by atoms with Crippen LogP contribution in [0.1, 0.15) is 39.5 Å². The number of likely N-dealkylation sites (tertiary alicyclic amines) is 1. The van der Waals surface area contributed by atoms with Crippen molar-refractivity contribution in [2.45, 2.75) is 51.6 Å². The number of carboxylic acids is 1. The third-order valence-electron chi connectivity index (χ3n) is 4.14. The molecule has 0 aromatic rings. The van der Waals surface area contributed by atoms with Gasteiger partial charge in [-0.1, -0.05) is 13.3 Å². The molecule has 0 aromatic carbocycles. The van der Waals surface area contributed by atoms with Crippen molar-refractivity contribution in [2.24, 2.45) is 5.92 Å². The van der Waals surface area contributed by atoms with E-state index in [2.05, 4.69) is 29.5 Å². The number of hydrogen-bond acceptors (Lipinski definition) is 3. The van der Waals surface area contributed by atoms with E-state index < -0.39 is 5.97 Å². The molecular weight excluding hydrogens is 258 g/mol. The Balaban J connectivity index is 2.27. The molecule has 20 heavy (non-hydrogen) atoms. The number of nitrogens with one attached hydrogen (secondary N) is 2. The van der Waals surface area contributed by atoms with Crippen LogP contribution in [0.15, 0.2) is 0 Å². The lowest BCUT2D eigenvalue weighted by Crippen LogP contribution is -2.50. The predicted molar refractivity (Wildman–Crippen MR) is 77.7 cm³/mol. The van der Waals surface area contributed by atoms with Crippen LogP contribution in [0.3, 0.4) is 0 Å². The van der Waals surface area contributed by atoms with E-state index in [1.54, 1.807) is 0 Å². The molecule has 0 radical (unpaired) electrons. The summed E-state index contributed by atoms with van der Waals surface area (Å²) in [6.07, 6.45) is 2.76. The summed E-state index contributed by atoms with van der Waals surface area (Å²) < 4.78 is 0. The molecule has 116 valence electrons. The summed E-state index contributed by atoms with van der Waals surface area (Å²) in [7, 11) is 2.10. The van der Waals surface area contributed by atoms with Gasteiger partial charge in [0, 0.05) is 31.6 Å². The minimum Gasteiger partial charge on any atom is -0.481 e. The molecule has 0 bridgehead atoms. The quantitative estimate of drug-likeness (QED) is 0.686. The highest BCUT2D eigenvalue weighted by Gasteiger charge is 2.24. The summed E-state index contributed by atoms with van der Waals surface area (Å²) in [6, 6.07) is 0.501. The topological polar surface area (TPSA) is 81.7 Å². The summed E-state index contributed by atoms with van der Waals surface area (Å²) in [5.41, 5.74) is 0. The van der Waals surface area contributed by atoms with Crippen molar-refractivity contribution in [1.29, 1.82) is 0 Å². The normalized spacial score (nSPS) is 24.9. The molecule has 6 nitrogen and oxygen atoms in total. The number of amides is 2. The van der Waals surface area contributed by atoms with Gasteiger partial charge >= 0.3 is 12.0 Å². The third-order valence-corrected chi connectivity index (χ3v) is 4.14. The monoisotopic (exact) mass is 285 g/mol. The van der Waals surface area contributed by atoms with Crippen LogP contribution in [0, 0.1) is 5.92 Å². The van der Waals surface area contributed by atoms with Crippen LogP contribution in [0.5, 0.6) is 0 Å². The summed E-state index contributed by atoms with van der Waals surface area (Å²) in [4.78, 5) is 24.8. The smallest absolute Gasteiger partial charge is 0.315 e. The van der Waals surface area contributed by atoms with Crippen molar-refractivity contribution in [3.63, 3.8) is 0 Å². The van der Waals surface area contributed by atoms with E-state index in [0.717, 1.165) is 25.8 Å². The summed E-state index contributed by atoms with van der Waals surface area (Å²) in [6.45, 7) is 5.50. The van der Waals surface area contributed by atoms with Crippen LogP contribution in [-0.2, 0) is 4.79 Å². The Morgan fingerprint density at radius 2 is 2.15 bits per heavy atom. The second-order valence-electron chi connectivity index (χ2n) is 5.78. The van der Waals surface area contributed by atoms with Crippen molar-refractivity contribution in [2.75, 3.05) is 20.1 Å². The molecule has 1 rings (SSSR count). The van der Waals surface area contributed by atoms with Crippen molar-refractivity contribution in [3.05, 3.63) is 0 Å². The van der Waals surface area contributed by atoms with Gasteiger partial charge in [-0.2, -0.15) is 0 Å². The van der Waals surface area contributed by atoms with Gasteiger partial charge in [0.05, 0.1) is 0 Å². The van der Waals surface area contributed by atoms with Crippen molar-refractivity contribution < 1.29 is 14.7 Å². The molecule has 0 aromatic heterocycles. The van der Waals surface area contributed by atoms with E-state index >= 15 is 0 Å². The number of carbonyl (C=O) groups excluding carboxylic acids is 1. The van der Waals surface area contributed by atoms with Gasteiger partial charge in [-0.25, -0.2) is 4.79 Å². The second-order valence-corrected chi connectivity index (χ2v) is 5.78. The van der Waals surface area contributed by atoms with Gasteiger partial charge in [-0.3, -0.25) is 4.79 Å². The number of rotatable bonds is 6. The lowest BCUT2D eigenvalue weighted by molar-refractivity contribution is -0.138. The van der Waals surface area contributed by atoms with E-state index in [-0.39, 0.29) is 24.4 Å². The Kier molecular flexibility index (Phi) is 6.78. The van der Waals surface area contributed by atoms with Crippen molar-refractivity contribution in [3.8, 4) is 0 Å². The van der Waals surface area contributed by atoms with E-state index in [4.69, 9.17) is 5.11 Å². The Morgan fingerprint density at radius 1 is 1.45 bits per heavy atom. The number of hydrogen-bond donors (Lipinski definition) is 3. The molecule has 1 fully saturated rings. The molecule has 0 aliphatic carbocycles. The third kappa shape index (κ3) is 5.77. The molecule has 0 spiro atoms. The zero-order valence-electron chi connectivity index (χ0n) is 12.7. The molecule has 6 heteroatoms. The molecular formula is C14H27N3O3. The van der Waals surface area contributed by atoms with Crippen LogP contribution in [-0.4, -0.2) is 54.2 Å². The number of piperidine rings is 1. The molecule has 3 N–H and O–H groups in total. The maximum atomic E-state index is 11.8. The fourth-order valence-electron chi connectivity index (χ4n) is 2.50. The average molecular weight is 285 g/mol.